The number of nitrogens with one attached hydrogen (secondary N) is 3. The molecular weight excluding hydrogens is 604 g/mol. The molecule has 2 aliphatic heterocycles. The van der Waals surface area contributed by atoms with Crippen LogP contribution >= 0.6 is 0 Å². The van der Waals surface area contributed by atoms with Crippen molar-refractivity contribution in [2.75, 3.05) is 58.0 Å². The lowest BCUT2D eigenvalue weighted by Crippen LogP contribution is -2.54. The monoisotopic (exact) mass is 652 g/mol. The number of carbonyl (C=O) groups excluding carboxylic acids is 5. The van der Waals surface area contributed by atoms with Gasteiger partial charge in [0.1, 0.15) is 6.04 Å². The first-order valence-corrected chi connectivity index (χ1v) is 17.4. The van der Waals surface area contributed by atoms with Gasteiger partial charge in [-0.05, 0) is 93.1 Å². The van der Waals surface area contributed by atoms with Crippen LogP contribution in [0, 0.1) is 23.2 Å². The second kappa shape index (κ2) is 15.3. The van der Waals surface area contributed by atoms with E-state index in [-0.39, 0.29) is 35.3 Å². The fourth-order valence-corrected chi connectivity index (χ4v) is 8.91. The SMILES string of the molecule is O=C(CC12CC3CC(CC(C3)C1)C2)NCCCOCCOCCOCCCNc1cccc2c1C(=O)N(C1CCC(=O)NC1=O)C2=O. The number of ether oxygens (including phenoxy) is 3. The molecule has 1 saturated heterocycles. The lowest BCUT2D eigenvalue weighted by atomic mass is 9.49. The summed E-state index contributed by atoms with van der Waals surface area (Å²) in [4.78, 5) is 63.5. The molecule has 256 valence electrons. The lowest BCUT2D eigenvalue weighted by molar-refractivity contribution is -0.136. The summed E-state index contributed by atoms with van der Waals surface area (Å²) in [7, 11) is 0. The first-order chi connectivity index (χ1) is 22.8. The third-order valence-corrected chi connectivity index (χ3v) is 10.5. The Morgan fingerprint density at radius 3 is 2.09 bits per heavy atom. The van der Waals surface area contributed by atoms with Gasteiger partial charge in [0, 0.05) is 44.8 Å². The van der Waals surface area contributed by atoms with Gasteiger partial charge in [0.15, 0.2) is 0 Å². The van der Waals surface area contributed by atoms with E-state index < -0.39 is 29.7 Å². The Hall–Kier alpha value is -3.35. The third-order valence-electron chi connectivity index (χ3n) is 10.5. The Kier molecular flexibility index (Phi) is 10.9. The van der Waals surface area contributed by atoms with E-state index in [1.165, 1.54) is 38.5 Å². The van der Waals surface area contributed by atoms with Crippen LogP contribution in [-0.2, 0) is 28.6 Å². The zero-order valence-corrected chi connectivity index (χ0v) is 27.2. The number of piperidine rings is 1. The number of benzene rings is 1. The summed E-state index contributed by atoms with van der Waals surface area (Å²) in [5.41, 5.74) is 1.30. The summed E-state index contributed by atoms with van der Waals surface area (Å²) in [6, 6.07) is 4.01. The minimum atomic E-state index is -0.991. The Balaban J connectivity index is 0.765. The third kappa shape index (κ3) is 8.04. The number of fused-ring (bicyclic) bond motifs is 1. The van der Waals surface area contributed by atoms with Gasteiger partial charge in [0.25, 0.3) is 11.8 Å². The van der Waals surface area contributed by atoms with Gasteiger partial charge in [0.2, 0.25) is 17.7 Å². The minimum Gasteiger partial charge on any atom is -0.384 e. The number of hydrogen-bond acceptors (Lipinski definition) is 9. The fraction of sp³-hybridized carbons (Fsp3) is 0.686. The molecule has 4 bridgehead atoms. The molecule has 7 rings (SSSR count). The van der Waals surface area contributed by atoms with Gasteiger partial charge in [-0.25, -0.2) is 0 Å². The smallest absolute Gasteiger partial charge is 0.264 e. The zero-order valence-electron chi connectivity index (χ0n) is 27.2. The maximum absolute atomic E-state index is 13.2. The molecule has 5 amide bonds. The fourth-order valence-electron chi connectivity index (χ4n) is 8.91. The molecule has 0 radical (unpaired) electrons. The van der Waals surface area contributed by atoms with Crippen LogP contribution in [0.15, 0.2) is 18.2 Å². The highest BCUT2D eigenvalue weighted by Gasteiger charge is 2.51. The molecule has 1 atom stereocenters. The van der Waals surface area contributed by atoms with Gasteiger partial charge in [-0.1, -0.05) is 6.07 Å². The van der Waals surface area contributed by atoms with Crippen molar-refractivity contribution < 1.29 is 38.2 Å². The number of imide groups is 2. The molecule has 4 saturated carbocycles. The predicted octanol–water partition coefficient (Wildman–Crippen LogP) is 3.05. The van der Waals surface area contributed by atoms with Gasteiger partial charge >= 0.3 is 0 Å². The maximum Gasteiger partial charge on any atom is 0.264 e. The highest BCUT2D eigenvalue weighted by Crippen LogP contribution is 2.61. The van der Waals surface area contributed by atoms with Crippen molar-refractivity contribution >= 4 is 35.2 Å². The summed E-state index contributed by atoms with van der Waals surface area (Å²) in [5.74, 6) is 0.724. The summed E-state index contributed by atoms with van der Waals surface area (Å²) >= 11 is 0. The van der Waals surface area contributed by atoms with Gasteiger partial charge in [0.05, 0.1) is 37.6 Å². The topological polar surface area (TPSA) is 152 Å². The minimum absolute atomic E-state index is 0.0802. The molecule has 0 spiro atoms. The Morgan fingerprint density at radius 1 is 0.830 bits per heavy atom. The molecule has 0 aromatic heterocycles. The first kappa shape index (κ1) is 33.5. The summed E-state index contributed by atoms with van der Waals surface area (Å²) in [5, 5.41) is 8.53. The Bertz CT molecular complexity index is 1310. The second-order valence-corrected chi connectivity index (χ2v) is 14.1. The van der Waals surface area contributed by atoms with Crippen molar-refractivity contribution in [2.45, 2.75) is 76.7 Å². The highest BCUT2D eigenvalue weighted by molar-refractivity contribution is 6.25. The second-order valence-electron chi connectivity index (χ2n) is 14.1. The van der Waals surface area contributed by atoms with Crippen LogP contribution < -0.4 is 16.0 Å². The van der Waals surface area contributed by atoms with E-state index in [9.17, 15) is 24.0 Å². The summed E-state index contributed by atoms with van der Waals surface area (Å²) < 4.78 is 16.9. The van der Waals surface area contributed by atoms with Crippen molar-refractivity contribution in [2.24, 2.45) is 23.2 Å². The summed E-state index contributed by atoms with van der Waals surface area (Å²) in [6.45, 7) is 4.13. The predicted molar refractivity (Wildman–Crippen MR) is 172 cm³/mol. The van der Waals surface area contributed by atoms with Gasteiger partial charge in [-0.2, -0.15) is 0 Å². The normalized spacial score (nSPS) is 27.7. The average Bonchev–Trinajstić information content (AvgIpc) is 3.28. The average molecular weight is 653 g/mol. The van der Waals surface area contributed by atoms with Crippen LogP contribution in [-0.4, -0.2) is 93.2 Å². The molecule has 12 nitrogen and oxygen atoms in total. The lowest BCUT2D eigenvalue weighted by Gasteiger charge is -2.56. The maximum atomic E-state index is 13.2. The molecular formula is C35H48N4O8. The number of carbonyl (C=O) groups is 5. The molecule has 6 aliphatic rings. The van der Waals surface area contributed by atoms with Crippen LogP contribution in [0.3, 0.4) is 0 Å². The Morgan fingerprint density at radius 2 is 1.45 bits per heavy atom. The van der Waals surface area contributed by atoms with E-state index in [1.807, 2.05) is 0 Å². The highest BCUT2D eigenvalue weighted by atomic mass is 16.5. The number of hydrogen-bond donors (Lipinski definition) is 3. The number of amides is 5. The molecule has 47 heavy (non-hydrogen) atoms. The van der Waals surface area contributed by atoms with E-state index in [0.717, 1.165) is 29.1 Å². The molecule has 1 aromatic rings. The van der Waals surface area contributed by atoms with E-state index in [4.69, 9.17) is 14.2 Å². The van der Waals surface area contributed by atoms with E-state index >= 15 is 0 Å². The van der Waals surface area contributed by atoms with Crippen LogP contribution in [0.25, 0.3) is 0 Å². The van der Waals surface area contributed by atoms with Crippen LogP contribution in [0.2, 0.25) is 0 Å². The summed E-state index contributed by atoms with van der Waals surface area (Å²) in [6.07, 6.45) is 10.3. The van der Waals surface area contributed by atoms with Crippen molar-refractivity contribution in [1.29, 1.82) is 0 Å². The van der Waals surface area contributed by atoms with Crippen LogP contribution in [0.5, 0.6) is 0 Å². The van der Waals surface area contributed by atoms with Crippen molar-refractivity contribution in [3.63, 3.8) is 0 Å². The largest absolute Gasteiger partial charge is 0.384 e. The zero-order chi connectivity index (χ0) is 32.8. The molecule has 2 heterocycles. The van der Waals surface area contributed by atoms with E-state index in [1.54, 1.807) is 18.2 Å². The van der Waals surface area contributed by atoms with Crippen LogP contribution in [0.1, 0.15) is 91.3 Å². The molecule has 3 N–H and O–H groups in total. The van der Waals surface area contributed by atoms with Crippen LogP contribution in [0.4, 0.5) is 5.69 Å². The van der Waals surface area contributed by atoms with Crippen molar-refractivity contribution in [3.8, 4) is 0 Å². The molecule has 4 aliphatic carbocycles. The molecule has 1 unspecified atom stereocenters. The van der Waals surface area contributed by atoms with Gasteiger partial charge in [-0.15, -0.1) is 0 Å². The number of nitrogens with zero attached hydrogens (tertiary/aromatic N) is 1. The molecule has 5 fully saturated rings. The Labute approximate surface area is 276 Å². The molecule has 1 aromatic carbocycles. The quantitative estimate of drug-likeness (QED) is 0.161. The number of rotatable bonds is 18. The standard InChI is InChI=1S/C35H48N4O8/c40-29-7-6-28(32(42)38-29)39-33(43)26-4-1-5-27(31(26)34(39)44)36-8-2-10-45-12-14-47-15-13-46-11-3-9-37-30(41)22-35-19-23-16-24(20-35)18-25(17-23)21-35/h1,4-5,23-25,28,36H,2-3,6-22H2,(H,37,41)(H,38,40,42). The first-order valence-electron chi connectivity index (χ1n) is 17.4. The molecule has 12 heteroatoms. The van der Waals surface area contributed by atoms with E-state index in [2.05, 4.69) is 16.0 Å². The van der Waals surface area contributed by atoms with Crippen molar-refractivity contribution in [1.82, 2.24) is 15.5 Å². The number of anilines is 1. The van der Waals surface area contributed by atoms with Gasteiger partial charge in [-0.3, -0.25) is 34.2 Å². The van der Waals surface area contributed by atoms with Crippen molar-refractivity contribution in [3.05, 3.63) is 29.3 Å². The van der Waals surface area contributed by atoms with Gasteiger partial charge < -0.3 is 24.8 Å². The van der Waals surface area contributed by atoms with E-state index in [0.29, 0.717) is 71.3 Å².